The van der Waals surface area contributed by atoms with Gasteiger partial charge in [0, 0.05) is 0 Å². The third-order valence-electron chi connectivity index (χ3n) is 4.67. The van der Waals surface area contributed by atoms with E-state index in [0.29, 0.717) is 12.5 Å². The van der Waals surface area contributed by atoms with E-state index in [1.54, 1.807) is 0 Å². The third-order valence-corrected chi connectivity index (χ3v) is 4.67. The Morgan fingerprint density at radius 1 is 1.33 bits per heavy atom. The summed E-state index contributed by atoms with van der Waals surface area (Å²) in [6, 6.07) is 0. The van der Waals surface area contributed by atoms with Gasteiger partial charge in [0.05, 0.1) is 6.61 Å². The van der Waals surface area contributed by atoms with Crippen molar-refractivity contribution in [3.63, 3.8) is 0 Å². The highest BCUT2D eigenvalue weighted by Gasteiger charge is 2.47. The number of nitrogens with one attached hydrogen (secondary N) is 1. The average molecular weight is 253 g/mol. The molecule has 2 rings (SSSR count). The molecule has 0 radical (unpaired) electrons. The lowest BCUT2D eigenvalue weighted by atomic mass is 9.70. The van der Waals surface area contributed by atoms with Crippen molar-refractivity contribution in [2.75, 3.05) is 13.2 Å². The van der Waals surface area contributed by atoms with Gasteiger partial charge < -0.3 is 10.1 Å². The zero-order valence-electron chi connectivity index (χ0n) is 12.0. The lowest BCUT2D eigenvalue weighted by Gasteiger charge is -2.43. The van der Waals surface area contributed by atoms with Crippen LogP contribution in [0.1, 0.15) is 52.9 Å². The molecule has 0 saturated heterocycles. The molecule has 2 saturated carbocycles. The maximum atomic E-state index is 12.4. The van der Waals surface area contributed by atoms with E-state index in [9.17, 15) is 4.79 Å². The summed E-state index contributed by atoms with van der Waals surface area (Å²) in [6.07, 6.45) is 5.81. The highest BCUT2D eigenvalue weighted by molar-refractivity contribution is 5.81. The Morgan fingerprint density at radius 3 is 2.61 bits per heavy atom. The molecule has 0 aromatic rings. The third kappa shape index (κ3) is 2.87. The first-order valence-electron chi connectivity index (χ1n) is 7.50. The fourth-order valence-electron chi connectivity index (χ4n) is 3.19. The molecule has 0 aromatic heterocycles. The Morgan fingerprint density at radius 2 is 2.06 bits per heavy atom. The molecule has 0 spiro atoms. The van der Waals surface area contributed by atoms with Crippen molar-refractivity contribution in [3.05, 3.63) is 0 Å². The Bertz CT molecular complexity index is 301. The van der Waals surface area contributed by atoms with E-state index in [1.807, 2.05) is 6.92 Å². The summed E-state index contributed by atoms with van der Waals surface area (Å²) in [5.41, 5.74) is -0.412. The SMILES string of the molecule is CCOC(=O)C1(NCC2CC2)CCC(C)CC1C. The van der Waals surface area contributed by atoms with Crippen LogP contribution in [0.2, 0.25) is 0 Å². The lowest BCUT2D eigenvalue weighted by molar-refractivity contribution is -0.156. The van der Waals surface area contributed by atoms with Crippen LogP contribution in [0.4, 0.5) is 0 Å². The van der Waals surface area contributed by atoms with Gasteiger partial charge in [-0.25, -0.2) is 0 Å². The second-order valence-electron chi connectivity index (χ2n) is 6.30. The van der Waals surface area contributed by atoms with Crippen molar-refractivity contribution >= 4 is 5.97 Å². The minimum atomic E-state index is -0.412. The molecule has 0 amide bonds. The summed E-state index contributed by atoms with van der Waals surface area (Å²) in [5, 5.41) is 3.58. The first-order chi connectivity index (χ1) is 8.58. The predicted octanol–water partition coefficient (Wildman–Crippen LogP) is 2.74. The number of ether oxygens (including phenoxy) is 1. The van der Waals surface area contributed by atoms with Crippen molar-refractivity contribution in [2.45, 2.75) is 58.4 Å². The van der Waals surface area contributed by atoms with Gasteiger partial charge >= 0.3 is 5.97 Å². The van der Waals surface area contributed by atoms with Crippen LogP contribution in [0.5, 0.6) is 0 Å². The zero-order valence-corrected chi connectivity index (χ0v) is 12.0. The van der Waals surface area contributed by atoms with E-state index >= 15 is 0 Å². The van der Waals surface area contributed by atoms with Gasteiger partial charge in [-0.1, -0.05) is 13.8 Å². The van der Waals surface area contributed by atoms with Gasteiger partial charge in [-0.15, -0.1) is 0 Å². The van der Waals surface area contributed by atoms with Crippen molar-refractivity contribution < 1.29 is 9.53 Å². The van der Waals surface area contributed by atoms with Crippen LogP contribution in [-0.4, -0.2) is 24.7 Å². The van der Waals surface area contributed by atoms with Crippen LogP contribution < -0.4 is 5.32 Å². The Kier molecular flexibility index (Phi) is 4.31. The van der Waals surface area contributed by atoms with E-state index in [0.717, 1.165) is 37.6 Å². The molecule has 2 aliphatic carbocycles. The van der Waals surface area contributed by atoms with Gasteiger partial charge in [-0.3, -0.25) is 4.79 Å². The molecule has 0 heterocycles. The quantitative estimate of drug-likeness (QED) is 0.766. The fourth-order valence-corrected chi connectivity index (χ4v) is 3.19. The minimum Gasteiger partial charge on any atom is -0.465 e. The smallest absolute Gasteiger partial charge is 0.326 e. The average Bonchev–Trinajstić information content (AvgIpc) is 3.13. The number of hydrogen-bond donors (Lipinski definition) is 1. The van der Waals surface area contributed by atoms with Gasteiger partial charge in [0.15, 0.2) is 0 Å². The van der Waals surface area contributed by atoms with Crippen LogP contribution >= 0.6 is 0 Å². The van der Waals surface area contributed by atoms with Crippen LogP contribution in [0.25, 0.3) is 0 Å². The molecular formula is C15H27NO2. The molecule has 3 unspecified atom stereocenters. The second kappa shape index (κ2) is 5.60. The molecule has 18 heavy (non-hydrogen) atoms. The highest BCUT2D eigenvalue weighted by atomic mass is 16.5. The molecule has 1 N–H and O–H groups in total. The molecule has 3 nitrogen and oxygen atoms in total. The first kappa shape index (κ1) is 13.9. The normalized spacial score (nSPS) is 36.4. The summed E-state index contributed by atoms with van der Waals surface area (Å²) >= 11 is 0. The molecule has 0 bridgehead atoms. The number of carbonyl (C=O) groups is 1. The van der Waals surface area contributed by atoms with Crippen molar-refractivity contribution in [2.24, 2.45) is 17.8 Å². The predicted molar refractivity (Wildman–Crippen MR) is 72.3 cm³/mol. The number of hydrogen-bond acceptors (Lipinski definition) is 3. The molecule has 0 aromatic carbocycles. The van der Waals surface area contributed by atoms with Crippen LogP contribution in [0.15, 0.2) is 0 Å². The van der Waals surface area contributed by atoms with Crippen LogP contribution in [0, 0.1) is 17.8 Å². The summed E-state index contributed by atoms with van der Waals surface area (Å²) in [4.78, 5) is 12.4. The first-order valence-corrected chi connectivity index (χ1v) is 7.50. The fraction of sp³-hybridized carbons (Fsp3) is 0.933. The van der Waals surface area contributed by atoms with Gasteiger partial charge in [0.25, 0.3) is 0 Å². The summed E-state index contributed by atoms with van der Waals surface area (Å²) < 4.78 is 5.34. The lowest BCUT2D eigenvalue weighted by Crippen LogP contribution is -2.60. The molecule has 2 fully saturated rings. The molecule has 104 valence electrons. The van der Waals surface area contributed by atoms with Crippen molar-refractivity contribution in [3.8, 4) is 0 Å². The number of rotatable bonds is 5. The monoisotopic (exact) mass is 253 g/mol. The van der Waals surface area contributed by atoms with Gasteiger partial charge in [0.1, 0.15) is 5.54 Å². The van der Waals surface area contributed by atoms with Crippen molar-refractivity contribution in [1.29, 1.82) is 0 Å². The van der Waals surface area contributed by atoms with Crippen molar-refractivity contribution in [1.82, 2.24) is 5.32 Å². The van der Waals surface area contributed by atoms with E-state index in [-0.39, 0.29) is 5.97 Å². The Balaban J connectivity index is 2.06. The Labute approximate surface area is 111 Å². The standard InChI is InChI=1S/C15H27NO2/c1-4-18-14(17)15(16-10-13-5-6-13)8-7-11(2)9-12(15)3/h11-13,16H,4-10H2,1-3H3. The molecule has 3 heteroatoms. The van der Waals surface area contributed by atoms with E-state index in [4.69, 9.17) is 4.74 Å². The summed E-state index contributed by atoms with van der Waals surface area (Å²) in [5.74, 6) is 1.87. The maximum absolute atomic E-state index is 12.4. The van der Waals surface area contributed by atoms with Gasteiger partial charge in [-0.2, -0.15) is 0 Å². The van der Waals surface area contributed by atoms with Gasteiger partial charge in [-0.05, 0) is 63.3 Å². The molecule has 0 aliphatic heterocycles. The molecular weight excluding hydrogens is 226 g/mol. The van der Waals surface area contributed by atoms with E-state index in [2.05, 4.69) is 19.2 Å². The minimum absolute atomic E-state index is 0.0231. The van der Waals surface area contributed by atoms with Crippen LogP contribution in [-0.2, 0) is 9.53 Å². The summed E-state index contributed by atoms with van der Waals surface area (Å²) in [6.45, 7) is 7.84. The Hall–Kier alpha value is -0.570. The molecule has 2 aliphatic rings. The topological polar surface area (TPSA) is 38.3 Å². The second-order valence-corrected chi connectivity index (χ2v) is 6.30. The van der Waals surface area contributed by atoms with E-state index < -0.39 is 5.54 Å². The summed E-state index contributed by atoms with van der Waals surface area (Å²) in [7, 11) is 0. The maximum Gasteiger partial charge on any atom is 0.326 e. The van der Waals surface area contributed by atoms with Crippen LogP contribution in [0.3, 0.4) is 0 Å². The van der Waals surface area contributed by atoms with Gasteiger partial charge in [0.2, 0.25) is 0 Å². The molecule has 3 atom stereocenters. The highest BCUT2D eigenvalue weighted by Crippen LogP contribution is 2.39. The largest absolute Gasteiger partial charge is 0.465 e. The number of carbonyl (C=O) groups excluding carboxylic acids is 1. The zero-order chi connectivity index (χ0) is 13.2. The number of esters is 1. The van der Waals surface area contributed by atoms with E-state index in [1.165, 1.54) is 12.8 Å².